The molecule has 67 heavy (non-hydrogen) atoms. The van der Waals surface area contributed by atoms with Crippen molar-refractivity contribution in [1.29, 1.82) is 0 Å². The number of halogens is 2. The predicted molar refractivity (Wildman–Crippen MR) is 242 cm³/mol. The Balaban J connectivity index is 0.625. The van der Waals surface area contributed by atoms with Gasteiger partial charge in [0.15, 0.2) is 6.61 Å². The number of pyridine rings is 2. The van der Waals surface area contributed by atoms with Crippen molar-refractivity contribution in [2.24, 2.45) is 5.41 Å². The molecule has 4 aliphatic rings. The number of piperidine rings is 1. The Morgan fingerprint density at radius 3 is 2.37 bits per heavy atom. The number of H-pyrrole nitrogens is 1. The maximum Gasteiger partial charge on any atom is 0.262 e. The number of anilines is 1. The number of aromatic nitrogens is 4. The largest absolute Gasteiger partial charge is 0.486 e. The first kappa shape index (κ1) is 45.5. The Bertz CT molecular complexity index is 2740. The molecule has 348 valence electrons. The van der Waals surface area contributed by atoms with Crippen molar-refractivity contribution >= 4 is 75.4 Å². The third-order valence-corrected chi connectivity index (χ3v) is 12.7. The number of rotatable bonds is 18. The lowest BCUT2D eigenvalue weighted by atomic mass is 9.72. The minimum atomic E-state index is -1.08. The number of amides is 6. The van der Waals surface area contributed by atoms with E-state index in [9.17, 15) is 28.8 Å². The lowest BCUT2D eigenvalue weighted by molar-refractivity contribution is -0.146. The van der Waals surface area contributed by atoms with Crippen LogP contribution in [0.3, 0.4) is 0 Å². The second-order valence-electron chi connectivity index (χ2n) is 16.8. The predicted octanol–water partition coefficient (Wildman–Crippen LogP) is 4.14. The minimum absolute atomic E-state index is 0.0189. The molecule has 1 unspecified atom stereocenters. The normalized spacial score (nSPS) is 17.8. The van der Waals surface area contributed by atoms with Gasteiger partial charge in [-0.1, -0.05) is 23.2 Å². The number of hydrogen-bond acceptors (Lipinski definition) is 14. The Morgan fingerprint density at radius 1 is 0.881 bits per heavy atom. The molecule has 0 saturated carbocycles. The van der Waals surface area contributed by atoms with Crippen LogP contribution in [0.15, 0.2) is 67.1 Å². The first-order chi connectivity index (χ1) is 32.4. The van der Waals surface area contributed by atoms with Gasteiger partial charge in [-0.05, 0) is 61.9 Å². The molecule has 0 aliphatic carbocycles. The smallest absolute Gasteiger partial charge is 0.262 e. The van der Waals surface area contributed by atoms with E-state index in [-0.39, 0.29) is 80.4 Å². The second kappa shape index (κ2) is 19.3. The third kappa shape index (κ3) is 9.63. The monoisotopic (exact) mass is 953 g/mol. The zero-order valence-corrected chi connectivity index (χ0v) is 37.7. The number of imide groups is 2. The fourth-order valence-corrected chi connectivity index (χ4v) is 9.45. The van der Waals surface area contributed by atoms with E-state index >= 15 is 0 Å². The van der Waals surface area contributed by atoms with Crippen molar-refractivity contribution < 1.29 is 47.7 Å². The SMILES string of the molecule is C[C@@H](Oc1ccc2[nH]nc(-c3ccc(N4CC5(CN(C(=O)CCOCCOCCNC(=O)COc6ccc7c(c6)C(=O)N(C6CCC(=O)NC6=O)C7=O)C5)C4)nc3)c2c1)c1c(Cl)cncc1Cl. The number of nitrogens with zero attached hydrogens (tertiary/aromatic N) is 6. The molecule has 4 aliphatic heterocycles. The molecule has 6 amide bonds. The number of fused-ring (bicyclic) bond motifs is 2. The summed E-state index contributed by atoms with van der Waals surface area (Å²) in [7, 11) is 0. The Labute approximate surface area is 393 Å². The van der Waals surface area contributed by atoms with Gasteiger partial charge in [0, 0.05) is 79.7 Å². The highest BCUT2D eigenvalue weighted by Crippen LogP contribution is 2.42. The Hall–Kier alpha value is -6.67. The maximum absolute atomic E-state index is 13.0. The van der Waals surface area contributed by atoms with Crippen LogP contribution in [0.25, 0.3) is 22.2 Å². The molecule has 3 N–H and O–H groups in total. The number of likely N-dealkylation sites (tertiary alicyclic amines) is 1. The molecule has 3 fully saturated rings. The molecular formula is C46H45Cl2N9O10. The van der Waals surface area contributed by atoms with Crippen LogP contribution < -0.4 is 25.0 Å². The highest BCUT2D eigenvalue weighted by Gasteiger charge is 2.53. The van der Waals surface area contributed by atoms with Crippen LogP contribution in [0.4, 0.5) is 5.82 Å². The van der Waals surface area contributed by atoms with Gasteiger partial charge in [0.05, 0.1) is 59.5 Å². The summed E-state index contributed by atoms with van der Waals surface area (Å²) in [6.07, 6.45) is 4.83. The van der Waals surface area contributed by atoms with Gasteiger partial charge >= 0.3 is 0 Å². The number of nitrogens with one attached hydrogen (secondary N) is 3. The van der Waals surface area contributed by atoms with Crippen molar-refractivity contribution in [2.75, 3.05) is 70.7 Å². The lowest BCUT2D eigenvalue weighted by Gasteiger charge is -2.60. The summed E-state index contributed by atoms with van der Waals surface area (Å²) < 4.78 is 22.9. The fraction of sp³-hybridized carbons (Fsp3) is 0.370. The van der Waals surface area contributed by atoms with E-state index in [4.69, 9.17) is 47.1 Å². The van der Waals surface area contributed by atoms with E-state index < -0.39 is 41.7 Å². The van der Waals surface area contributed by atoms with Gasteiger partial charge in [-0.15, -0.1) is 0 Å². The average Bonchev–Trinajstić information content (AvgIpc) is 3.81. The lowest BCUT2D eigenvalue weighted by Crippen LogP contribution is -2.73. The van der Waals surface area contributed by atoms with Crippen molar-refractivity contribution in [3.05, 3.63) is 93.9 Å². The fourth-order valence-electron chi connectivity index (χ4n) is 8.78. The molecule has 3 aromatic heterocycles. The van der Waals surface area contributed by atoms with Gasteiger partial charge in [-0.2, -0.15) is 5.10 Å². The first-order valence-corrected chi connectivity index (χ1v) is 22.5. The average molecular weight is 955 g/mol. The number of ether oxygens (including phenoxy) is 4. The van der Waals surface area contributed by atoms with Gasteiger partial charge in [0.25, 0.3) is 17.7 Å². The molecule has 2 atom stereocenters. The van der Waals surface area contributed by atoms with Crippen LogP contribution in [0.1, 0.15) is 58.6 Å². The molecule has 0 radical (unpaired) electrons. The first-order valence-electron chi connectivity index (χ1n) is 21.7. The number of benzene rings is 2. The zero-order chi connectivity index (χ0) is 46.8. The summed E-state index contributed by atoms with van der Waals surface area (Å²) in [6, 6.07) is 12.9. The molecule has 3 saturated heterocycles. The van der Waals surface area contributed by atoms with Crippen LogP contribution in [0.2, 0.25) is 10.0 Å². The van der Waals surface area contributed by atoms with Gasteiger partial charge in [0.2, 0.25) is 17.7 Å². The molecule has 2 aromatic carbocycles. The second-order valence-corrected chi connectivity index (χ2v) is 17.6. The van der Waals surface area contributed by atoms with E-state index in [1.807, 2.05) is 48.4 Å². The summed E-state index contributed by atoms with van der Waals surface area (Å²) >= 11 is 12.7. The summed E-state index contributed by atoms with van der Waals surface area (Å²) in [5.41, 5.74) is 3.36. The third-order valence-electron chi connectivity index (χ3n) is 12.1. The van der Waals surface area contributed by atoms with Gasteiger partial charge in [0.1, 0.15) is 35.2 Å². The van der Waals surface area contributed by atoms with Crippen LogP contribution in [0.5, 0.6) is 11.5 Å². The van der Waals surface area contributed by atoms with Crippen molar-refractivity contribution in [3.63, 3.8) is 0 Å². The van der Waals surface area contributed by atoms with E-state index in [1.54, 1.807) is 12.4 Å². The highest BCUT2D eigenvalue weighted by atomic mass is 35.5. The summed E-state index contributed by atoms with van der Waals surface area (Å²) in [4.78, 5) is 88.6. The van der Waals surface area contributed by atoms with Gasteiger partial charge in [-0.25, -0.2) is 4.98 Å². The molecule has 9 rings (SSSR count). The molecule has 0 bridgehead atoms. The van der Waals surface area contributed by atoms with Gasteiger partial charge in [-0.3, -0.25) is 49.1 Å². The standard InChI is InChI=1S/C46H45Cl2N9O10/c1-26(41-33(47)19-49-20-34(41)48)67-29-4-6-35-32(17-29)42(54-53-35)27-2-8-37(51-18-27)55-22-46(23-55)24-56(25-46)40(60)10-12-64-14-15-65-13-11-50-39(59)21-66-28-3-5-30-31(16-28)45(63)57(44(30)62)36-7-9-38(58)52-43(36)61/h2-6,8,16-20,26,36H,7,9-15,21-25H2,1H3,(H,50,59)(H,53,54)(H,52,58,61)/t26-,36?/m1/s1. The molecule has 7 heterocycles. The van der Waals surface area contributed by atoms with Crippen molar-refractivity contribution in [2.45, 2.75) is 38.3 Å². The van der Waals surface area contributed by atoms with Crippen molar-refractivity contribution in [1.82, 2.24) is 40.6 Å². The maximum atomic E-state index is 13.0. The summed E-state index contributed by atoms with van der Waals surface area (Å²) in [6.45, 7) is 5.85. The van der Waals surface area contributed by atoms with E-state index in [2.05, 4.69) is 30.7 Å². The number of carbonyl (C=O) groups is 6. The Morgan fingerprint density at radius 2 is 1.63 bits per heavy atom. The molecule has 21 heteroatoms. The van der Waals surface area contributed by atoms with E-state index in [1.165, 1.54) is 18.2 Å². The van der Waals surface area contributed by atoms with E-state index in [0.29, 0.717) is 41.1 Å². The number of carbonyl (C=O) groups excluding carboxylic acids is 6. The highest BCUT2D eigenvalue weighted by molar-refractivity contribution is 6.35. The number of aromatic amines is 1. The summed E-state index contributed by atoms with van der Waals surface area (Å²) in [5, 5.41) is 14.2. The van der Waals surface area contributed by atoms with Crippen LogP contribution in [0, 0.1) is 5.41 Å². The molecular weight excluding hydrogens is 909 g/mol. The minimum Gasteiger partial charge on any atom is -0.486 e. The van der Waals surface area contributed by atoms with Gasteiger partial charge < -0.3 is 34.1 Å². The van der Waals surface area contributed by atoms with Crippen LogP contribution in [-0.4, -0.2) is 137 Å². The topological polar surface area (TPSA) is 228 Å². The quantitative estimate of drug-likeness (QED) is 0.0830. The molecule has 1 spiro atoms. The summed E-state index contributed by atoms with van der Waals surface area (Å²) in [5.74, 6) is -1.13. The van der Waals surface area contributed by atoms with Crippen LogP contribution in [-0.2, 0) is 28.7 Å². The van der Waals surface area contributed by atoms with Crippen molar-refractivity contribution in [3.8, 4) is 22.8 Å². The Kier molecular flexibility index (Phi) is 13.1. The zero-order valence-electron chi connectivity index (χ0n) is 36.2. The molecule has 5 aromatic rings. The van der Waals surface area contributed by atoms with Crippen LogP contribution >= 0.6 is 23.2 Å². The number of hydrogen-bond donors (Lipinski definition) is 3. The van der Waals surface area contributed by atoms with E-state index in [0.717, 1.165) is 46.0 Å². The molecule has 19 nitrogen and oxygen atoms in total.